The Morgan fingerprint density at radius 3 is 2.65 bits per heavy atom. The number of esters is 1. The minimum absolute atomic E-state index is 0.0556. The van der Waals surface area contributed by atoms with Crippen LogP contribution in [0.25, 0.3) is 16.6 Å². The topological polar surface area (TPSA) is 67.7 Å². The molecular formula is C23H25FN4O3. The van der Waals surface area contributed by atoms with Gasteiger partial charge in [0.15, 0.2) is 0 Å². The van der Waals surface area contributed by atoms with E-state index in [2.05, 4.69) is 9.88 Å². The number of para-hydroxylation sites is 1. The summed E-state index contributed by atoms with van der Waals surface area (Å²) in [5.41, 5.74) is 0.636. The average molecular weight is 424 g/mol. The second-order valence-corrected chi connectivity index (χ2v) is 7.77. The second-order valence-electron chi connectivity index (χ2n) is 7.77. The fourth-order valence-corrected chi connectivity index (χ4v) is 3.98. The molecule has 1 aromatic heterocycles. The van der Waals surface area contributed by atoms with Gasteiger partial charge in [0.25, 0.3) is 5.56 Å². The van der Waals surface area contributed by atoms with Gasteiger partial charge in [-0.2, -0.15) is 0 Å². The summed E-state index contributed by atoms with van der Waals surface area (Å²) in [6, 6.07) is 11.1. The first-order chi connectivity index (χ1) is 14.9. The molecule has 0 spiro atoms. The number of carbonyl (C=O) groups is 1. The third-order valence-electron chi connectivity index (χ3n) is 5.70. The van der Waals surface area contributed by atoms with Crippen LogP contribution in [-0.2, 0) is 4.74 Å². The molecule has 1 fully saturated rings. The standard InChI is InChI=1S/C23H25FN4O3/c1-4-31-22(30)15-8-10-16(11-9-15)28-21(29)18-6-5-7-19(24)20(18)25-23(28)27(3)17-12-13-26(2)14-17/h5-11,17H,4,12-14H2,1-3H3. The highest BCUT2D eigenvalue weighted by atomic mass is 19.1. The number of ether oxygens (including phenoxy) is 1. The minimum atomic E-state index is -0.530. The van der Waals surface area contributed by atoms with E-state index in [-0.39, 0.29) is 29.1 Å². The van der Waals surface area contributed by atoms with Crippen molar-refractivity contribution in [3.8, 4) is 5.69 Å². The maximum absolute atomic E-state index is 14.5. The van der Waals surface area contributed by atoms with Gasteiger partial charge in [0.1, 0.15) is 11.3 Å². The van der Waals surface area contributed by atoms with Crippen molar-refractivity contribution < 1.29 is 13.9 Å². The molecule has 0 bridgehead atoms. The normalized spacial score (nSPS) is 16.6. The molecule has 2 aromatic carbocycles. The molecule has 162 valence electrons. The van der Waals surface area contributed by atoms with E-state index in [1.54, 1.807) is 37.3 Å². The molecular weight excluding hydrogens is 399 g/mol. The van der Waals surface area contributed by atoms with E-state index in [1.165, 1.54) is 16.7 Å². The summed E-state index contributed by atoms with van der Waals surface area (Å²) in [6.07, 6.45) is 0.917. The Labute approximate surface area is 179 Å². The summed E-state index contributed by atoms with van der Waals surface area (Å²) in [7, 11) is 3.92. The molecule has 1 aliphatic rings. The summed E-state index contributed by atoms with van der Waals surface area (Å²) in [4.78, 5) is 34.1. The van der Waals surface area contributed by atoms with Gasteiger partial charge in [0, 0.05) is 19.6 Å². The molecule has 0 amide bonds. The lowest BCUT2D eigenvalue weighted by Gasteiger charge is -2.28. The van der Waals surface area contributed by atoms with E-state index in [1.807, 2.05) is 19.0 Å². The van der Waals surface area contributed by atoms with Crippen molar-refractivity contribution in [2.24, 2.45) is 0 Å². The summed E-state index contributed by atoms with van der Waals surface area (Å²) in [5.74, 6) is -0.587. The molecule has 3 aromatic rings. The van der Waals surface area contributed by atoms with Crippen LogP contribution in [-0.4, -0.2) is 60.3 Å². The minimum Gasteiger partial charge on any atom is -0.462 e. The van der Waals surface area contributed by atoms with Crippen molar-refractivity contribution in [2.45, 2.75) is 19.4 Å². The van der Waals surface area contributed by atoms with Crippen molar-refractivity contribution in [1.82, 2.24) is 14.5 Å². The van der Waals surface area contributed by atoms with Gasteiger partial charge in [-0.25, -0.2) is 18.7 Å². The first-order valence-corrected chi connectivity index (χ1v) is 10.3. The maximum Gasteiger partial charge on any atom is 0.338 e. The first kappa shape index (κ1) is 21.0. The van der Waals surface area contributed by atoms with Crippen molar-refractivity contribution in [1.29, 1.82) is 0 Å². The zero-order valence-corrected chi connectivity index (χ0v) is 17.8. The number of rotatable bonds is 5. The molecule has 7 nitrogen and oxygen atoms in total. The van der Waals surface area contributed by atoms with Gasteiger partial charge in [-0.3, -0.25) is 4.79 Å². The molecule has 2 heterocycles. The van der Waals surface area contributed by atoms with Crippen molar-refractivity contribution in [2.75, 3.05) is 38.7 Å². The van der Waals surface area contributed by atoms with E-state index < -0.39 is 11.8 Å². The molecule has 0 saturated carbocycles. The SMILES string of the molecule is CCOC(=O)c1ccc(-n2c(N(C)C3CCN(C)C3)nc3c(F)cccc3c2=O)cc1. The Balaban J connectivity index is 1.87. The van der Waals surface area contributed by atoms with Crippen LogP contribution < -0.4 is 10.5 Å². The van der Waals surface area contributed by atoms with Crippen LogP contribution in [0.2, 0.25) is 0 Å². The number of nitrogens with zero attached hydrogens (tertiary/aromatic N) is 4. The summed E-state index contributed by atoms with van der Waals surface area (Å²) >= 11 is 0. The predicted octanol–water partition coefficient (Wildman–Crippen LogP) is 2.84. The molecule has 8 heteroatoms. The molecule has 1 atom stereocenters. The van der Waals surface area contributed by atoms with Crippen LogP contribution in [0.5, 0.6) is 0 Å². The monoisotopic (exact) mass is 424 g/mol. The quantitative estimate of drug-likeness (QED) is 0.587. The number of fused-ring (bicyclic) bond motifs is 1. The Hall–Kier alpha value is -3.26. The molecule has 1 saturated heterocycles. The molecule has 1 unspecified atom stereocenters. The van der Waals surface area contributed by atoms with E-state index >= 15 is 0 Å². The highest BCUT2D eigenvalue weighted by Crippen LogP contribution is 2.24. The third kappa shape index (κ3) is 3.90. The van der Waals surface area contributed by atoms with Crippen LogP contribution >= 0.6 is 0 Å². The highest BCUT2D eigenvalue weighted by molar-refractivity contribution is 5.89. The fraction of sp³-hybridized carbons (Fsp3) is 0.348. The lowest BCUT2D eigenvalue weighted by atomic mass is 10.2. The summed E-state index contributed by atoms with van der Waals surface area (Å²) in [6.45, 7) is 3.79. The lowest BCUT2D eigenvalue weighted by molar-refractivity contribution is 0.0526. The van der Waals surface area contributed by atoms with Gasteiger partial charge in [0.05, 0.1) is 23.2 Å². The number of benzene rings is 2. The molecule has 0 radical (unpaired) electrons. The smallest absolute Gasteiger partial charge is 0.338 e. The van der Waals surface area contributed by atoms with Gasteiger partial charge in [-0.05, 0) is 63.3 Å². The Bertz CT molecular complexity index is 1180. The van der Waals surface area contributed by atoms with Crippen LogP contribution in [0.1, 0.15) is 23.7 Å². The lowest BCUT2D eigenvalue weighted by Crippen LogP contribution is -2.38. The van der Waals surface area contributed by atoms with E-state index in [4.69, 9.17) is 4.74 Å². The van der Waals surface area contributed by atoms with E-state index in [0.29, 0.717) is 17.2 Å². The van der Waals surface area contributed by atoms with Gasteiger partial charge < -0.3 is 14.5 Å². The maximum atomic E-state index is 14.5. The Morgan fingerprint density at radius 1 is 1.26 bits per heavy atom. The molecule has 4 rings (SSSR count). The summed E-state index contributed by atoms with van der Waals surface area (Å²) in [5, 5.41) is 0.204. The predicted molar refractivity (Wildman–Crippen MR) is 118 cm³/mol. The molecule has 0 N–H and O–H groups in total. The van der Waals surface area contributed by atoms with Crippen LogP contribution in [0.4, 0.5) is 10.3 Å². The Kier molecular flexibility index (Phi) is 5.73. The number of anilines is 1. The largest absolute Gasteiger partial charge is 0.462 e. The Morgan fingerprint density at radius 2 is 2.00 bits per heavy atom. The number of halogens is 1. The van der Waals surface area contributed by atoms with Gasteiger partial charge >= 0.3 is 5.97 Å². The zero-order valence-electron chi connectivity index (χ0n) is 17.8. The third-order valence-corrected chi connectivity index (χ3v) is 5.70. The zero-order chi connectivity index (χ0) is 22.1. The van der Waals surface area contributed by atoms with Gasteiger partial charge in [-0.1, -0.05) is 6.07 Å². The van der Waals surface area contributed by atoms with Crippen LogP contribution in [0.15, 0.2) is 47.3 Å². The van der Waals surface area contributed by atoms with Crippen molar-refractivity contribution in [3.05, 3.63) is 64.2 Å². The fourth-order valence-electron chi connectivity index (χ4n) is 3.98. The van der Waals surface area contributed by atoms with Crippen molar-refractivity contribution in [3.63, 3.8) is 0 Å². The van der Waals surface area contributed by atoms with Crippen LogP contribution in [0.3, 0.4) is 0 Å². The van der Waals surface area contributed by atoms with Crippen molar-refractivity contribution >= 4 is 22.8 Å². The van der Waals surface area contributed by atoms with Crippen LogP contribution in [0, 0.1) is 5.82 Å². The number of likely N-dealkylation sites (N-methyl/N-ethyl adjacent to an activating group) is 2. The number of aromatic nitrogens is 2. The number of hydrogen-bond acceptors (Lipinski definition) is 6. The van der Waals surface area contributed by atoms with Gasteiger partial charge in [0.2, 0.25) is 5.95 Å². The van der Waals surface area contributed by atoms with E-state index in [9.17, 15) is 14.0 Å². The molecule has 0 aliphatic carbocycles. The molecule has 31 heavy (non-hydrogen) atoms. The average Bonchev–Trinajstić information content (AvgIpc) is 3.20. The highest BCUT2D eigenvalue weighted by Gasteiger charge is 2.27. The second kappa shape index (κ2) is 8.47. The first-order valence-electron chi connectivity index (χ1n) is 10.3. The van der Waals surface area contributed by atoms with Gasteiger partial charge in [-0.15, -0.1) is 0 Å². The molecule has 1 aliphatic heterocycles. The van der Waals surface area contributed by atoms with E-state index in [0.717, 1.165) is 19.5 Å². The number of hydrogen-bond donors (Lipinski definition) is 0. The number of likely N-dealkylation sites (tertiary alicyclic amines) is 1. The number of carbonyl (C=O) groups excluding carboxylic acids is 1. The summed E-state index contributed by atoms with van der Waals surface area (Å²) < 4.78 is 21.0.